The van der Waals surface area contributed by atoms with Crippen LogP contribution >= 0.6 is 0 Å². The van der Waals surface area contributed by atoms with Gasteiger partial charge in [-0.3, -0.25) is 14.7 Å². The van der Waals surface area contributed by atoms with Crippen LogP contribution < -0.4 is 5.32 Å². The molecule has 0 saturated heterocycles. The first-order chi connectivity index (χ1) is 16.7. The predicted molar refractivity (Wildman–Crippen MR) is 142 cm³/mol. The fourth-order valence-electron chi connectivity index (χ4n) is 4.44. The van der Waals surface area contributed by atoms with Gasteiger partial charge in [0.2, 0.25) is 0 Å². The first-order valence-electron chi connectivity index (χ1n) is 12.0. The number of aromatic nitrogens is 1. The van der Waals surface area contributed by atoms with Gasteiger partial charge in [0.05, 0.1) is 5.52 Å². The number of anilines is 1. The molecule has 1 N–H and O–H groups in total. The molecule has 0 aliphatic carbocycles. The molecule has 0 atom stereocenters. The lowest BCUT2D eigenvalue weighted by Gasteiger charge is -2.30. The van der Waals surface area contributed by atoms with Gasteiger partial charge < -0.3 is 5.32 Å². The maximum absolute atomic E-state index is 13.2. The van der Waals surface area contributed by atoms with E-state index in [1.807, 2.05) is 37.4 Å². The number of benzene rings is 3. The minimum Gasteiger partial charge on any atom is -0.322 e. The number of fused-ring (bicyclic) bond motifs is 1. The maximum Gasteiger partial charge on any atom is 0.255 e. The van der Waals surface area contributed by atoms with E-state index in [1.54, 1.807) is 24.3 Å². The third-order valence-corrected chi connectivity index (χ3v) is 6.43. The molecule has 3 aromatic carbocycles. The molecule has 0 spiro atoms. The van der Waals surface area contributed by atoms with E-state index in [9.17, 15) is 9.18 Å². The SMILES string of the molecule is Cc1c(NC(=O)c2ccc(-c3ccc(F)cc3)cc2)ccc2cc(CN(C(C)C)C(C)C)cnc12. The Morgan fingerprint density at radius 2 is 1.51 bits per heavy atom. The number of hydrogen-bond acceptors (Lipinski definition) is 3. The summed E-state index contributed by atoms with van der Waals surface area (Å²) in [5, 5.41) is 4.09. The topological polar surface area (TPSA) is 45.2 Å². The number of carbonyl (C=O) groups is 1. The van der Waals surface area contributed by atoms with E-state index in [2.05, 4.69) is 44.0 Å². The summed E-state index contributed by atoms with van der Waals surface area (Å²) >= 11 is 0. The maximum atomic E-state index is 13.2. The molecule has 1 aromatic heterocycles. The minimum atomic E-state index is -0.269. The average molecular weight is 470 g/mol. The molecule has 0 fully saturated rings. The van der Waals surface area contributed by atoms with Gasteiger partial charge in [0.15, 0.2) is 0 Å². The van der Waals surface area contributed by atoms with Crippen molar-refractivity contribution in [1.29, 1.82) is 0 Å². The summed E-state index contributed by atoms with van der Waals surface area (Å²) in [5.41, 5.74) is 6.14. The van der Waals surface area contributed by atoms with E-state index in [-0.39, 0.29) is 11.7 Å². The number of carbonyl (C=O) groups excluding carboxylic acids is 1. The second-order valence-electron chi connectivity index (χ2n) is 9.55. The van der Waals surface area contributed by atoms with Gasteiger partial charge in [-0.2, -0.15) is 0 Å². The van der Waals surface area contributed by atoms with Crippen LogP contribution in [-0.4, -0.2) is 27.9 Å². The quantitative estimate of drug-likeness (QED) is 0.311. The number of nitrogens with one attached hydrogen (secondary N) is 1. The molecule has 4 nitrogen and oxygen atoms in total. The van der Waals surface area contributed by atoms with Crippen LogP contribution in [0.5, 0.6) is 0 Å². The number of amides is 1. The summed E-state index contributed by atoms with van der Waals surface area (Å²) in [5.74, 6) is -0.450. The summed E-state index contributed by atoms with van der Waals surface area (Å²) in [7, 11) is 0. The van der Waals surface area contributed by atoms with Gasteiger partial charge in [0.25, 0.3) is 5.91 Å². The zero-order valence-electron chi connectivity index (χ0n) is 21.0. The number of aryl methyl sites for hydroxylation is 1. The van der Waals surface area contributed by atoms with Gasteiger partial charge in [0.1, 0.15) is 5.82 Å². The van der Waals surface area contributed by atoms with Crippen molar-refractivity contribution in [3.63, 3.8) is 0 Å². The van der Waals surface area contributed by atoms with Crippen molar-refractivity contribution in [2.24, 2.45) is 0 Å². The van der Waals surface area contributed by atoms with Crippen LogP contribution in [0, 0.1) is 12.7 Å². The van der Waals surface area contributed by atoms with Crippen molar-refractivity contribution in [2.45, 2.75) is 53.2 Å². The van der Waals surface area contributed by atoms with Crippen LogP contribution in [-0.2, 0) is 6.54 Å². The minimum absolute atomic E-state index is 0.181. The molecule has 0 aliphatic heterocycles. The van der Waals surface area contributed by atoms with Crippen molar-refractivity contribution in [3.05, 3.63) is 95.4 Å². The zero-order valence-corrected chi connectivity index (χ0v) is 21.0. The lowest BCUT2D eigenvalue weighted by molar-refractivity contribution is 0.102. The fraction of sp³-hybridized carbons (Fsp3) is 0.267. The van der Waals surface area contributed by atoms with E-state index in [0.717, 1.165) is 39.8 Å². The van der Waals surface area contributed by atoms with E-state index in [0.29, 0.717) is 17.6 Å². The normalized spacial score (nSPS) is 11.6. The highest BCUT2D eigenvalue weighted by molar-refractivity contribution is 6.06. The van der Waals surface area contributed by atoms with Gasteiger partial charge in [-0.25, -0.2) is 4.39 Å². The summed E-state index contributed by atoms with van der Waals surface area (Å²) in [4.78, 5) is 20.1. The smallest absolute Gasteiger partial charge is 0.255 e. The van der Waals surface area contributed by atoms with Crippen molar-refractivity contribution < 1.29 is 9.18 Å². The first-order valence-corrected chi connectivity index (χ1v) is 12.0. The first kappa shape index (κ1) is 24.6. The Hall–Kier alpha value is -3.57. The number of nitrogens with zero attached hydrogens (tertiary/aromatic N) is 2. The van der Waals surface area contributed by atoms with Crippen molar-refractivity contribution in [2.75, 3.05) is 5.32 Å². The Morgan fingerprint density at radius 3 is 2.11 bits per heavy atom. The van der Waals surface area contributed by atoms with Crippen LogP contribution in [0.25, 0.3) is 22.0 Å². The molecule has 180 valence electrons. The second-order valence-corrected chi connectivity index (χ2v) is 9.55. The summed E-state index contributed by atoms with van der Waals surface area (Å²) in [6.07, 6.45) is 1.94. The Kier molecular flexibility index (Phi) is 7.27. The van der Waals surface area contributed by atoms with Gasteiger partial charge in [-0.1, -0.05) is 30.3 Å². The van der Waals surface area contributed by atoms with Gasteiger partial charge in [-0.05, 0) is 93.3 Å². The third kappa shape index (κ3) is 5.57. The summed E-state index contributed by atoms with van der Waals surface area (Å²) in [6, 6.07) is 20.7. The van der Waals surface area contributed by atoms with Crippen LogP contribution in [0.3, 0.4) is 0 Å². The summed E-state index contributed by atoms with van der Waals surface area (Å²) < 4.78 is 13.2. The molecule has 4 aromatic rings. The Morgan fingerprint density at radius 1 is 0.914 bits per heavy atom. The molecule has 0 saturated carbocycles. The largest absolute Gasteiger partial charge is 0.322 e. The standard InChI is InChI=1S/C30H32FN3O/c1-19(2)34(20(3)4)18-22-16-26-12-15-28(21(5)29(26)32-17-22)33-30(35)25-8-6-23(7-9-25)24-10-13-27(31)14-11-24/h6-17,19-20H,18H2,1-5H3,(H,33,35). The second kappa shape index (κ2) is 10.4. The highest BCUT2D eigenvalue weighted by atomic mass is 19.1. The molecule has 0 radical (unpaired) electrons. The summed E-state index contributed by atoms with van der Waals surface area (Å²) in [6.45, 7) is 11.7. The molecule has 0 aliphatic rings. The number of halogens is 1. The monoisotopic (exact) mass is 469 g/mol. The number of pyridine rings is 1. The van der Waals surface area contributed by atoms with Crippen LogP contribution in [0.4, 0.5) is 10.1 Å². The van der Waals surface area contributed by atoms with E-state index < -0.39 is 0 Å². The average Bonchev–Trinajstić information content (AvgIpc) is 2.84. The van der Waals surface area contributed by atoms with E-state index >= 15 is 0 Å². The van der Waals surface area contributed by atoms with E-state index in [4.69, 9.17) is 4.98 Å². The van der Waals surface area contributed by atoms with Gasteiger partial charge >= 0.3 is 0 Å². The molecule has 1 amide bonds. The van der Waals surface area contributed by atoms with Crippen molar-refractivity contribution >= 4 is 22.5 Å². The molecular weight excluding hydrogens is 437 g/mol. The van der Waals surface area contributed by atoms with Gasteiger partial charge in [0, 0.05) is 41.5 Å². The predicted octanol–water partition coefficient (Wildman–Crippen LogP) is 7.22. The van der Waals surface area contributed by atoms with Crippen molar-refractivity contribution in [1.82, 2.24) is 9.88 Å². The van der Waals surface area contributed by atoms with Crippen LogP contribution in [0.2, 0.25) is 0 Å². The zero-order chi connectivity index (χ0) is 25.1. The molecule has 4 rings (SSSR count). The number of hydrogen-bond donors (Lipinski definition) is 1. The highest BCUT2D eigenvalue weighted by Crippen LogP contribution is 2.26. The molecule has 35 heavy (non-hydrogen) atoms. The molecule has 0 bridgehead atoms. The van der Waals surface area contributed by atoms with Crippen LogP contribution in [0.1, 0.15) is 49.2 Å². The van der Waals surface area contributed by atoms with Crippen LogP contribution in [0.15, 0.2) is 72.9 Å². The van der Waals surface area contributed by atoms with E-state index in [1.165, 1.54) is 17.7 Å². The number of rotatable bonds is 7. The Balaban J connectivity index is 1.51. The molecule has 1 heterocycles. The lowest BCUT2D eigenvalue weighted by Crippen LogP contribution is -2.36. The molecular formula is C30H32FN3O. The van der Waals surface area contributed by atoms with Crippen molar-refractivity contribution in [3.8, 4) is 11.1 Å². The third-order valence-electron chi connectivity index (χ3n) is 6.43. The Labute approximate surface area is 206 Å². The lowest BCUT2D eigenvalue weighted by atomic mass is 10.0. The fourth-order valence-corrected chi connectivity index (χ4v) is 4.44. The highest BCUT2D eigenvalue weighted by Gasteiger charge is 2.15. The Bertz CT molecular complexity index is 1320. The molecule has 5 heteroatoms. The van der Waals surface area contributed by atoms with Gasteiger partial charge in [-0.15, -0.1) is 0 Å². The molecule has 0 unspecified atom stereocenters.